The molecule has 4 heavy (non-hydrogen) atoms. The van der Waals surface area contributed by atoms with Gasteiger partial charge in [-0.3, -0.25) is 0 Å². The van der Waals surface area contributed by atoms with Crippen molar-refractivity contribution in [1.29, 1.82) is 0 Å². The fourth-order valence-corrected chi connectivity index (χ4v) is 0. The van der Waals surface area contributed by atoms with Crippen molar-refractivity contribution >= 4 is 45.0 Å². The van der Waals surface area contributed by atoms with Crippen LogP contribution in [0.5, 0.6) is 0 Å². The predicted molar refractivity (Wildman–Crippen MR) is 20.7 cm³/mol. The van der Waals surface area contributed by atoms with Gasteiger partial charge in [0.05, 0.1) is 0 Å². The fourth-order valence-electron chi connectivity index (χ4n) is 0. The first-order valence-corrected chi connectivity index (χ1v) is 4.81. The van der Waals surface area contributed by atoms with Crippen molar-refractivity contribution in [3.63, 3.8) is 0 Å². The summed E-state index contributed by atoms with van der Waals surface area (Å²) in [4.78, 5) is 0. The van der Waals surface area contributed by atoms with Crippen molar-refractivity contribution in [1.82, 2.24) is 0 Å². The number of hydrogen-bond donors (Lipinski definition) is 0. The van der Waals surface area contributed by atoms with Crippen molar-refractivity contribution in [2.75, 3.05) is 0 Å². The summed E-state index contributed by atoms with van der Waals surface area (Å²) in [7, 11) is 4.19. The Morgan fingerprint density at radius 1 is 1.25 bits per heavy atom. The average Bonchev–Trinajstić information content (AvgIpc) is 1.00. The maximum Gasteiger partial charge on any atom is 2.00 e. The molecule has 4 heteroatoms. The monoisotopic (exact) mass is 337 g/mol. The topological polar surface area (TPSA) is 0 Å². The second kappa shape index (κ2) is 19.6. The molecule has 0 N–H and O–H groups in total. The minimum absolute atomic E-state index is 0. The quantitative estimate of drug-likeness (QED) is 0.571. The molecule has 0 unspecified atom stereocenters. The average molecular weight is 339 g/mol. The molecule has 0 rings (SSSR count). The summed E-state index contributed by atoms with van der Waals surface area (Å²) in [5.41, 5.74) is 0. The summed E-state index contributed by atoms with van der Waals surface area (Å²) in [5.74, 6) is 0. The third-order valence-corrected chi connectivity index (χ3v) is 0. The van der Waals surface area contributed by atoms with Crippen LogP contribution in [0.2, 0.25) is 0 Å². The molecular formula is BiS2Zn+. The molecular weight excluding hydrogens is 339 g/mol. The normalized spacial score (nSPS) is 1.00. The Hall–Kier alpha value is 2.08. The Labute approximate surface area is 63.7 Å². The Bertz CT molecular complexity index is 6.00. The third kappa shape index (κ3) is 8.95. The summed E-state index contributed by atoms with van der Waals surface area (Å²) in [6, 6.07) is 0. The van der Waals surface area contributed by atoms with E-state index in [9.17, 15) is 0 Å². The summed E-state index contributed by atoms with van der Waals surface area (Å²) >= 11 is 1.03. The Balaban J connectivity index is -0.00000000500. The van der Waals surface area contributed by atoms with Crippen LogP contribution in [0.25, 0.3) is 0 Å². The molecule has 18 valence electrons. The van der Waals surface area contributed by atoms with E-state index in [0.717, 1.165) is 22.7 Å². The first-order valence-electron chi connectivity index (χ1n) is 0.183. The van der Waals surface area contributed by atoms with Gasteiger partial charge in [0.15, 0.2) is 0 Å². The zero-order chi connectivity index (χ0) is 2.00. The van der Waals surface area contributed by atoms with Gasteiger partial charge in [-0.15, -0.1) is 0 Å². The van der Waals surface area contributed by atoms with Gasteiger partial charge in [-0.05, 0) is 0 Å². The molecule has 0 fully saturated rings. The summed E-state index contributed by atoms with van der Waals surface area (Å²) in [5, 5.41) is 0. The number of rotatable bonds is 0. The van der Waals surface area contributed by atoms with Crippen LogP contribution >= 0.6 is 8.86 Å². The van der Waals surface area contributed by atoms with Crippen LogP contribution in [0.4, 0.5) is 0 Å². The largest absolute Gasteiger partial charge is 2.00 e. The smallest absolute Gasteiger partial charge is 2.00 e. The van der Waals surface area contributed by atoms with Gasteiger partial charge in [-0.25, -0.2) is 0 Å². The van der Waals surface area contributed by atoms with Crippen molar-refractivity contribution in [2.45, 2.75) is 0 Å². The standard InChI is InChI=1S/Bi.2S.Zn/q+1;;-2;+2. The summed E-state index contributed by atoms with van der Waals surface area (Å²) in [6.07, 6.45) is 0. The molecule has 0 bridgehead atoms. The van der Waals surface area contributed by atoms with Crippen LogP contribution in [-0.4, -0.2) is 22.7 Å². The van der Waals surface area contributed by atoms with Crippen LogP contribution in [-0.2, 0) is 33.0 Å². The van der Waals surface area contributed by atoms with Gasteiger partial charge >= 0.3 is 51.0 Å². The maximum absolute atomic E-state index is 4.19. The SMILES string of the molecule is [S-2].[S]=[Bi+].[Zn+2]. The second-order valence-electron chi connectivity index (χ2n) is 0. The van der Waals surface area contributed by atoms with E-state index in [1.54, 1.807) is 0 Å². The molecule has 0 amide bonds. The van der Waals surface area contributed by atoms with Crippen LogP contribution in [0.3, 0.4) is 0 Å². The predicted octanol–water partition coefficient (Wildman–Crippen LogP) is 0.263. The number of hydrogen-bond acceptors (Lipinski definition) is 1. The zero-order valence-electron chi connectivity index (χ0n) is 1.97. The van der Waals surface area contributed by atoms with Gasteiger partial charge < -0.3 is 13.5 Å². The van der Waals surface area contributed by atoms with Gasteiger partial charge in [-0.2, -0.15) is 0 Å². The van der Waals surface area contributed by atoms with Crippen LogP contribution < -0.4 is 0 Å². The minimum atomic E-state index is 0. The zero-order valence-corrected chi connectivity index (χ0v) is 10.0. The fraction of sp³-hybridized carbons (Fsp3) is 0. The summed E-state index contributed by atoms with van der Waals surface area (Å²) in [6.45, 7) is 0. The molecule has 0 aromatic rings. The molecule has 0 heterocycles. The molecule has 0 saturated heterocycles. The molecule has 0 nitrogen and oxygen atoms in total. The van der Waals surface area contributed by atoms with E-state index in [1.807, 2.05) is 0 Å². The molecule has 0 spiro atoms. The van der Waals surface area contributed by atoms with E-state index in [-0.39, 0.29) is 33.0 Å². The van der Waals surface area contributed by atoms with Crippen molar-refractivity contribution in [3.8, 4) is 0 Å². The Kier molecular flexibility index (Phi) is 80.9. The molecule has 0 aliphatic carbocycles. The van der Waals surface area contributed by atoms with Gasteiger partial charge in [0.1, 0.15) is 0 Å². The van der Waals surface area contributed by atoms with E-state index in [2.05, 4.69) is 8.86 Å². The minimum Gasteiger partial charge on any atom is 2.00 e. The Morgan fingerprint density at radius 3 is 1.25 bits per heavy atom. The molecule has 0 aromatic heterocycles. The van der Waals surface area contributed by atoms with Gasteiger partial charge in [0.25, 0.3) is 0 Å². The van der Waals surface area contributed by atoms with Crippen LogP contribution in [0, 0.1) is 0 Å². The van der Waals surface area contributed by atoms with Gasteiger partial charge in [0, 0.05) is 0 Å². The van der Waals surface area contributed by atoms with Crippen LogP contribution in [0.1, 0.15) is 0 Å². The van der Waals surface area contributed by atoms with Crippen molar-refractivity contribution in [2.24, 2.45) is 0 Å². The molecule has 0 aliphatic heterocycles. The maximum atomic E-state index is 4.19. The summed E-state index contributed by atoms with van der Waals surface area (Å²) < 4.78 is 0. The second-order valence-corrected chi connectivity index (χ2v) is 0. The molecule has 0 atom stereocenters. The van der Waals surface area contributed by atoms with E-state index >= 15 is 0 Å². The first-order chi connectivity index (χ1) is 1.00. The molecule has 0 saturated carbocycles. The third-order valence-electron chi connectivity index (χ3n) is 0. The molecule has 0 aromatic carbocycles. The van der Waals surface area contributed by atoms with E-state index in [4.69, 9.17) is 0 Å². The van der Waals surface area contributed by atoms with E-state index in [0.29, 0.717) is 0 Å². The van der Waals surface area contributed by atoms with Crippen molar-refractivity contribution < 1.29 is 19.5 Å². The van der Waals surface area contributed by atoms with E-state index < -0.39 is 0 Å². The molecule has 0 aliphatic rings. The van der Waals surface area contributed by atoms with Gasteiger partial charge in [-0.1, -0.05) is 0 Å². The Morgan fingerprint density at radius 2 is 1.25 bits per heavy atom. The van der Waals surface area contributed by atoms with Crippen molar-refractivity contribution in [3.05, 3.63) is 0 Å². The van der Waals surface area contributed by atoms with Crippen LogP contribution in [0.15, 0.2) is 0 Å². The van der Waals surface area contributed by atoms with Gasteiger partial charge in [0.2, 0.25) is 0 Å². The van der Waals surface area contributed by atoms with E-state index in [1.165, 1.54) is 0 Å². The molecule has 2 radical (unpaired) electrons. The first kappa shape index (κ1) is 16.5.